The minimum Gasteiger partial charge on any atom is -0.461 e. The van der Waals surface area contributed by atoms with Crippen molar-refractivity contribution in [3.05, 3.63) is 25.3 Å². The number of carbonyl (C=O) groups is 3. The second-order valence-corrected chi connectivity index (χ2v) is 10.8. The van der Waals surface area contributed by atoms with E-state index in [0.717, 1.165) is 32.1 Å². The number of amides is 2. The number of ether oxygens (including phenoxy) is 2. The van der Waals surface area contributed by atoms with Crippen molar-refractivity contribution in [2.75, 3.05) is 19.8 Å². The van der Waals surface area contributed by atoms with Crippen LogP contribution in [0.5, 0.6) is 0 Å². The van der Waals surface area contributed by atoms with E-state index in [1.54, 1.807) is 11.0 Å². The van der Waals surface area contributed by atoms with Gasteiger partial charge in [-0.2, -0.15) is 0 Å². The predicted molar refractivity (Wildman–Crippen MR) is 130 cm³/mol. The van der Waals surface area contributed by atoms with Crippen molar-refractivity contribution in [1.82, 2.24) is 9.80 Å². The van der Waals surface area contributed by atoms with Crippen LogP contribution in [0.1, 0.15) is 58.8 Å². The third-order valence-corrected chi connectivity index (χ3v) is 8.53. The molecule has 4 aliphatic rings. The first-order valence-electron chi connectivity index (χ1n) is 13.1. The third kappa shape index (κ3) is 4.22. The molecule has 1 aliphatic carbocycles. The summed E-state index contributed by atoms with van der Waals surface area (Å²) in [6, 6.07) is -1.36. The van der Waals surface area contributed by atoms with E-state index in [1.807, 2.05) is 18.7 Å². The summed E-state index contributed by atoms with van der Waals surface area (Å²) in [5, 5.41) is 10.3. The second-order valence-electron chi connectivity index (χ2n) is 10.8. The maximum atomic E-state index is 14.4. The van der Waals surface area contributed by atoms with Crippen LogP contribution in [0.3, 0.4) is 0 Å². The fraction of sp³-hybridized carbons (Fsp3) is 0.741. The van der Waals surface area contributed by atoms with Gasteiger partial charge in [0, 0.05) is 12.6 Å². The molecule has 0 aromatic rings. The number of aliphatic hydroxyl groups is 1. The van der Waals surface area contributed by atoms with Gasteiger partial charge in [0.15, 0.2) is 0 Å². The quantitative estimate of drug-likeness (QED) is 0.375. The van der Waals surface area contributed by atoms with Gasteiger partial charge in [0.05, 0.1) is 30.6 Å². The number of nitrogens with zero attached hydrogens (tertiary/aromatic N) is 2. The van der Waals surface area contributed by atoms with Gasteiger partial charge in [-0.05, 0) is 31.6 Å². The summed E-state index contributed by atoms with van der Waals surface area (Å²) in [4.78, 5) is 44.9. The average Bonchev–Trinajstić information content (AvgIpc) is 3.49. The summed E-state index contributed by atoms with van der Waals surface area (Å²) in [5.41, 5.74) is -1.09. The first-order chi connectivity index (χ1) is 16.8. The molecule has 3 heterocycles. The molecule has 2 unspecified atom stereocenters. The Balaban J connectivity index is 1.76. The molecule has 1 N–H and O–H groups in total. The molecule has 6 atom stereocenters. The van der Waals surface area contributed by atoms with E-state index < -0.39 is 41.6 Å². The van der Waals surface area contributed by atoms with Gasteiger partial charge >= 0.3 is 5.97 Å². The van der Waals surface area contributed by atoms with Crippen LogP contribution in [0.2, 0.25) is 0 Å². The van der Waals surface area contributed by atoms with Crippen molar-refractivity contribution in [2.24, 2.45) is 17.8 Å². The van der Waals surface area contributed by atoms with E-state index in [4.69, 9.17) is 9.47 Å². The van der Waals surface area contributed by atoms with Crippen molar-refractivity contribution in [1.29, 1.82) is 0 Å². The minimum absolute atomic E-state index is 0.0576. The fourth-order valence-electron chi connectivity index (χ4n) is 6.96. The molecule has 35 heavy (non-hydrogen) atoms. The van der Waals surface area contributed by atoms with Gasteiger partial charge in [0.25, 0.3) is 0 Å². The smallest absolute Gasteiger partial charge is 0.312 e. The van der Waals surface area contributed by atoms with Crippen LogP contribution in [0.15, 0.2) is 25.3 Å². The lowest BCUT2D eigenvalue weighted by molar-refractivity contribution is -0.157. The number of carbonyl (C=O) groups excluding carboxylic acids is 3. The van der Waals surface area contributed by atoms with Gasteiger partial charge in [0.2, 0.25) is 11.8 Å². The zero-order chi connectivity index (χ0) is 25.3. The highest BCUT2D eigenvalue weighted by atomic mass is 16.6. The van der Waals surface area contributed by atoms with Gasteiger partial charge in [-0.1, -0.05) is 51.8 Å². The number of fused-ring (bicyclic) bond motifs is 1. The van der Waals surface area contributed by atoms with Crippen LogP contribution in [-0.4, -0.2) is 82.3 Å². The largest absolute Gasteiger partial charge is 0.461 e. The van der Waals surface area contributed by atoms with Gasteiger partial charge in [-0.25, -0.2) is 0 Å². The van der Waals surface area contributed by atoms with Gasteiger partial charge in [-0.3, -0.25) is 14.4 Å². The minimum atomic E-state index is -1.09. The van der Waals surface area contributed by atoms with Crippen molar-refractivity contribution in [3.63, 3.8) is 0 Å². The Morgan fingerprint density at radius 2 is 1.94 bits per heavy atom. The van der Waals surface area contributed by atoms with E-state index in [-0.39, 0.29) is 37.0 Å². The molecular weight excluding hydrogens is 448 g/mol. The number of hydrogen-bond donors (Lipinski definition) is 1. The Kier molecular flexibility index (Phi) is 7.71. The highest BCUT2D eigenvalue weighted by molar-refractivity contribution is 5.98. The Morgan fingerprint density at radius 1 is 1.23 bits per heavy atom. The normalized spacial score (nSPS) is 33.0. The first-order valence-corrected chi connectivity index (χ1v) is 13.1. The molecule has 194 valence electrons. The molecule has 1 saturated carbocycles. The van der Waals surface area contributed by atoms with E-state index in [9.17, 15) is 19.5 Å². The molecule has 8 heteroatoms. The molecule has 8 nitrogen and oxygen atoms in total. The Hall–Kier alpha value is -2.19. The van der Waals surface area contributed by atoms with E-state index >= 15 is 0 Å². The summed E-state index contributed by atoms with van der Waals surface area (Å²) in [7, 11) is 0. The highest BCUT2D eigenvalue weighted by Crippen LogP contribution is 2.59. The molecule has 0 aromatic carbocycles. The fourth-order valence-corrected chi connectivity index (χ4v) is 6.96. The maximum absolute atomic E-state index is 14.4. The molecule has 3 saturated heterocycles. The molecule has 3 aliphatic heterocycles. The van der Waals surface area contributed by atoms with Gasteiger partial charge in [-0.15, -0.1) is 6.58 Å². The summed E-state index contributed by atoms with van der Waals surface area (Å²) in [6.45, 7) is 11.5. The summed E-state index contributed by atoms with van der Waals surface area (Å²) in [6.07, 6.45) is 9.02. The predicted octanol–water partition coefficient (Wildman–Crippen LogP) is 2.45. The van der Waals surface area contributed by atoms with Gasteiger partial charge in [0.1, 0.15) is 18.2 Å². The monoisotopic (exact) mass is 488 g/mol. The number of rotatable bonds is 10. The summed E-state index contributed by atoms with van der Waals surface area (Å²) < 4.78 is 11.8. The summed E-state index contributed by atoms with van der Waals surface area (Å²) in [5.74, 6) is -2.57. The standard InChI is InChI=1S/C27H40N2O6/c1-5-14-28(18-10-8-7-9-11-18)25(32)23-27-13-12-20(35-27)21(26(33)34-15-6-2)22(27)24(31)29(23)19(16-30)17(3)4/h5-6,17-23,30H,1-2,7-16H2,3-4H3/t19-,20-,21+,22-,23?,27?/m0/s1. The lowest BCUT2D eigenvalue weighted by atomic mass is 9.70. The van der Waals surface area contributed by atoms with Crippen LogP contribution in [0.25, 0.3) is 0 Å². The third-order valence-electron chi connectivity index (χ3n) is 8.53. The highest BCUT2D eigenvalue weighted by Gasteiger charge is 2.75. The van der Waals surface area contributed by atoms with E-state index in [0.29, 0.717) is 19.4 Å². The van der Waals surface area contributed by atoms with Crippen molar-refractivity contribution in [2.45, 2.75) is 88.6 Å². The van der Waals surface area contributed by atoms with E-state index in [1.165, 1.54) is 6.08 Å². The van der Waals surface area contributed by atoms with Crippen molar-refractivity contribution >= 4 is 17.8 Å². The molecule has 1 spiro atoms. The zero-order valence-corrected chi connectivity index (χ0v) is 21.1. The molecular formula is C27H40N2O6. The molecule has 4 fully saturated rings. The topological polar surface area (TPSA) is 96.4 Å². The van der Waals surface area contributed by atoms with Crippen LogP contribution in [0.4, 0.5) is 0 Å². The van der Waals surface area contributed by atoms with Crippen LogP contribution >= 0.6 is 0 Å². The maximum Gasteiger partial charge on any atom is 0.312 e. The molecule has 0 aromatic heterocycles. The van der Waals surface area contributed by atoms with Crippen molar-refractivity contribution in [3.8, 4) is 0 Å². The Bertz CT molecular complexity index is 853. The second kappa shape index (κ2) is 10.4. The van der Waals surface area contributed by atoms with Crippen molar-refractivity contribution < 1.29 is 29.0 Å². The first kappa shape index (κ1) is 25.9. The number of likely N-dealkylation sites (tertiary alicyclic amines) is 1. The number of hydrogen-bond acceptors (Lipinski definition) is 6. The van der Waals surface area contributed by atoms with Crippen LogP contribution < -0.4 is 0 Å². The van der Waals surface area contributed by atoms with E-state index in [2.05, 4.69) is 13.2 Å². The Morgan fingerprint density at radius 3 is 2.54 bits per heavy atom. The lowest BCUT2D eigenvalue weighted by Gasteiger charge is -2.43. The summed E-state index contributed by atoms with van der Waals surface area (Å²) >= 11 is 0. The molecule has 2 bridgehead atoms. The average molecular weight is 489 g/mol. The van der Waals surface area contributed by atoms with Crippen LogP contribution in [-0.2, 0) is 23.9 Å². The molecule has 4 rings (SSSR count). The molecule has 2 amide bonds. The molecule has 0 radical (unpaired) electrons. The Labute approximate surface area is 208 Å². The number of aliphatic hydroxyl groups excluding tert-OH is 1. The van der Waals surface area contributed by atoms with Crippen LogP contribution in [0, 0.1) is 17.8 Å². The zero-order valence-electron chi connectivity index (χ0n) is 21.1. The SMILES string of the molecule is C=CCOC(=O)[C@@H]1[C@@H]2CCC3(O2)C(C(=O)N(CC=C)C2CCCCC2)N([C@@H](CO)C(C)C)C(=O)[C@H]13. The number of esters is 1. The van der Waals surface area contributed by atoms with Gasteiger partial charge < -0.3 is 24.4 Å². The lowest BCUT2D eigenvalue weighted by Crippen LogP contribution is -2.61.